The fraction of sp³-hybridized carbons (Fsp3) is 0.208. The summed E-state index contributed by atoms with van der Waals surface area (Å²) in [6.45, 7) is 6.28. The third-order valence-electron chi connectivity index (χ3n) is 5.10. The first-order valence-corrected chi connectivity index (χ1v) is 10.4. The van der Waals surface area contributed by atoms with Gasteiger partial charge in [0, 0.05) is 16.7 Å². The standard InChI is InChI=1S/C24H22N8O2/c1-24(2,3)19-9-5-8-16(27-19)13-32-21(22(33)34)20(30-31-32)18-11-17(28-23(26)29-18)15-7-4-6-14(10-15)12-25/h4-11H,13H2,1-3H3,(H,33,34)(H2,26,28,29). The van der Waals surface area contributed by atoms with Crippen LogP contribution in [-0.2, 0) is 12.0 Å². The number of nitrogens with zero attached hydrogens (tertiary/aromatic N) is 7. The van der Waals surface area contributed by atoms with Crippen molar-refractivity contribution in [2.75, 3.05) is 5.73 Å². The van der Waals surface area contributed by atoms with Crippen molar-refractivity contribution < 1.29 is 9.90 Å². The number of nitrogens with two attached hydrogens (primary N) is 1. The van der Waals surface area contributed by atoms with Gasteiger partial charge in [-0.15, -0.1) is 5.10 Å². The summed E-state index contributed by atoms with van der Waals surface area (Å²) in [5, 5.41) is 27.3. The Morgan fingerprint density at radius 1 is 1.09 bits per heavy atom. The van der Waals surface area contributed by atoms with Crippen LogP contribution in [0.15, 0.2) is 48.5 Å². The summed E-state index contributed by atoms with van der Waals surface area (Å²) in [6.07, 6.45) is 0. The molecule has 10 heteroatoms. The maximum absolute atomic E-state index is 12.2. The Morgan fingerprint density at radius 3 is 2.53 bits per heavy atom. The molecule has 0 amide bonds. The minimum Gasteiger partial charge on any atom is -0.476 e. The molecule has 0 saturated carbocycles. The number of anilines is 1. The van der Waals surface area contributed by atoms with E-state index in [1.165, 1.54) is 4.68 Å². The molecular formula is C24H22N8O2. The van der Waals surface area contributed by atoms with E-state index >= 15 is 0 Å². The molecule has 1 aromatic carbocycles. The van der Waals surface area contributed by atoms with Crippen LogP contribution >= 0.6 is 0 Å². The Bertz CT molecular complexity index is 1430. The van der Waals surface area contributed by atoms with Gasteiger partial charge in [-0.3, -0.25) is 4.98 Å². The van der Waals surface area contributed by atoms with Crippen molar-refractivity contribution in [3.05, 3.63) is 71.2 Å². The van der Waals surface area contributed by atoms with Crippen molar-refractivity contribution in [1.29, 1.82) is 5.26 Å². The van der Waals surface area contributed by atoms with Gasteiger partial charge in [-0.25, -0.2) is 19.4 Å². The lowest BCUT2D eigenvalue weighted by Gasteiger charge is -2.18. The third-order valence-corrected chi connectivity index (χ3v) is 5.10. The second kappa shape index (κ2) is 8.71. The highest BCUT2D eigenvalue weighted by atomic mass is 16.4. The van der Waals surface area contributed by atoms with E-state index in [0.29, 0.717) is 22.5 Å². The molecule has 4 aromatic rings. The van der Waals surface area contributed by atoms with Crippen LogP contribution in [0.5, 0.6) is 0 Å². The number of carbonyl (C=O) groups is 1. The van der Waals surface area contributed by atoms with Gasteiger partial charge < -0.3 is 10.8 Å². The molecule has 3 N–H and O–H groups in total. The molecule has 170 valence electrons. The van der Waals surface area contributed by atoms with E-state index in [1.54, 1.807) is 30.3 Å². The number of hydrogen-bond acceptors (Lipinski definition) is 8. The number of pyridine rings is 1. The zero-order valence-electron chi connectivity index (χ0n) is 18.9. The van der Waals surface area contributed by atoms with Crippen molar-refractivity contribution >= 4 is 11.9 Å². The van der Waals surface area contributed by atoms with Gasteiger partial charge >= 0.3 is 5.97 Å². The second-order valence-electron chi connectivity index (χ2n) is 8.70. The number of benzene rings is 1. The molecule has 0 aliphatic carbocycles. The number of nitrogen functional groups attached to an aromatic ring is 1. The van der Waals surface area contributed by atoms with Gasteiger partial charge in [-0.1, -0.05) is 44.2 Å². The monoisotopic (exact) mass is 454 g/mol. The predicted molar refractivity (Wildman–Crippen MR) is 125 cm³/mol. The molecule has 0 saturated heterocycles. The lowest BCUT2D eigenvalue weighted by molar-refractivity contribution is 0.0684. The minimum atomic E-state index is -1.21. The number of carboxylic acids is 1. The van der Waals surface area contributed by atoms with Crippen LogP contribution in [0, 0.1) is 11.3 Å². The lowest BCUT2D eigenvalue weighted by atomic mass is 9.91. The van der Waals surface area contributed by atoms with E-state index in [-0.39, 0.29) is 35.0 Å². The van der Waals surface area contributed by atoms with Crippen LogP contribution in [0.4, 0.5) is 5.95 Å². The topological polar surface area (TPSA) is 156 Å². The molecule has 0 spiro atoms. The predicted octanol–water partition coefficient (Wildman–Crippen LogP) is 3.29. The van der Waals surface area contributed by atoms with E-state index in [4.69, 9.17) is 5.73 Å². The molecule has 3 aromatic heterocycles. The Morgan fingerprint density at radius 2 is 1.82 bits per heavy atom. The van der Waals surface area contributed by atoms with Gasteiger partial charge in [-0.2, -0.15) is 5.26 Å². The van der Waals surface area contributed by atoms with Crippen LogP contribution < -0.4 is 5.73 Å². The molecule has 0 atom stereocenters. The largest absolute Gasteiger partial charge is 0.476 e. The molecule has 0 unspecified atom stereocenters. The average molecular weight is 454 g/mol. The first-order chi connectivity index (χ1) is 16.2. The Balaban J connectivity index is 1.76. The molecule has 3 heterocycles. The van der Waals surface area contributed by atoms with Crippen molar-refractivity contribution in [3.63, 3.8) is 0 Å². The molecule has 0 bridgehead atoms. The first-order valence-electron chi connectivity index (χ1n) is 10.4. The van der Waals surface area contributed by atoms with Crippen LogP contribution in [0.25, 0.3) is 22.6 Å². The highest BCUT2D eigenvalue weighted by molar-refractivity contribution is 5.92. The summed E-state index contributed by atoms with van der Waals surface area (Å²) in [7, 11) is 0. The van der Waals surface area contributed by atoms with Crippen molar-refractivity contribution in [1.82, 2.24) is 29.9 Å². The van der Waals surface area contributed by atoms with Gasteiger partial charge in [0.15, 0.2) is 5.69 Å². The number of hydrogen-bond donors (Lipinski definition) is 2. The second-order valence-corrected chi connectivity index (χ2v) is 8.70. The van der Waals surface area contributed by atoms with Gasteiger partial charge in [0.1, 0.15) is 5.69 Å². The number of aromatic nitrogens is 6. The van der Waals surface area contributed by atoms with Crippen LogP contribution in [0.1, 0.15) is 48.2 Å². The smallest absolute Gasteiger partial charge is 0.356 e. The lowest BCUT2D eigenvalue weighted by Crippen LogP contribution is -2.17. The maximum atomic E-state index is 12.2. The maximum Gasteiger partial charge on any atom is 0.356 e. The van der Waals surface area contributed by atoms with Crippen LogP contribution in [-0.4, -0.2) is 41.0 Å². The first kappa shape index (κ1) is 22.5. The Kier molecular flexibility index (Phi) is 5.77. The van der Waals surface area contributed by atoms with Crippen LogP contribution in [0.3, 0.4) is 0 Å². The number of nitriles is 1. The van der Waals surface area contributed by atoms with E-state index < -0.39 is 5.97 Å². The van der Waals surface area contributed by atoms with E-state index in [2.05, 4.69) is 52.1 Å². The van der Waals surface area contributed by atoms with E-state index in [1.807, 2.05) is 18.2 Å². The highest BCUT2D eigenvalue weighted by Crippen LogP contribution is 2.27. The molecule has 4 rings (SSSR count). The molecule has 0 fully saturated rings. The van der Waals surface area contributed by atoms with E-state index in [0.717, 1.165) is 5.69 Å². The number of rotatable bonds is 5. The summed E-state index contributed by atoms with van der Waals surface area (Å²) >= 11 is 0. The molecule has 0 aliphatic rings. The molecule has 0 aliphatic heterocycles. The van der Waals surface area contributed by atoms with Gasteiger partial charge in [-0.05, 0) is 30.3 Å². The summed E-state index contributed by atoms with van der Waals surface area (Å²) in [4.78, 5) is 25.3. The zero-order valence-corrected chi connectivity index (χ0v) is 18.9. The number of carboxylic acid groups (broad SMARTS) is 1. The molecule has 10 nitrogen and oxygen atoms in total. The normalized spacial score (nSPS) is 11.2. The SMILES string of the molecule is CC(C)(C)c1cccc(Cn2nnc(-c3cc(-c4cccc(C#N)c4)nc(N)n3)c2C(=O)O)n1. The Labute approximate surface area is 195 Å². The molecule has 0 radical (unpaired) electrons. The van der Waals surface area contributed by atoms with Gasteiger partial charge in [0.25, 0.3) is 0 Å². The quantitative estimate of drug-likeness (QED) is 0.462. The number of aromatic carboxylic acids is 1. The summed E-state index contributed by atoms with van der Waals surface area (Å²) < 4.78 is 1.28. The fourth-order valence-corrected chi connectivity index (χ4v) is 3.43. The summed E-state index contributed by atoms with van der Waals surface area (Å²) in [5.74, 6) is -1.27. The van der Waals surface area contributed by atoms with E-state index in [9.17, 15) is 15.2 Å². The Hall–Kier alpha value is -4.65. The average Bonchev–Trinajstić information content (AvgIpc) is 3.22. The van der Waals surface area contributed by atoms with Gasteiger partial charge in [0.2, 0.25) is 5.95 Å². The molecule has 34 heavy (non-hydrogen) atoms. The van der Waals surface area contributed by atoms with Crippen LogP contribution in [0.2, 0.25) is 0 Å². The fourth-order valence-electron chi connectivity index (χ4n) is 3.43. The van der Waals surface area contributed by atoms with Gasteiger partial charge in [0.05, 0.1) is 35.3 Å². The zero-order chi connectivity index (χ0) is 24.5. The van der Waals surface area contributed by atoms with Crippen molar-refractivity contribution in [3.8, 4) is 28.7 Å². The molecular weight excluding hydrogens is 432 g/mol. The van der Waals surface area contributed by atoms with Crippen molar-refractivity contribution in [2.45, 2.75) is 32.7 Å². The van der Waals surface area contributed by atoms with Crippen molar-refractivity contribution in [2.24, 2.45) is 0 Å². The summed E-state index contributed by atoms with van der Waals surface area (Å²) in [6, 6.07) is 16.1. The highest BCUT2D eigenvalue weighted by Gasteiger charge is 2.24. The summed E-state index contributed by atoms with van der Waals surface area (Å²) in [5.41, 5.74) is 8.97. The third kappa shape index (κ3) is 4.59. The minimum absolute atomic E-state index is 0.0553.